The van der Waals surface area contributed by atoms with Gasteiger partial charge in [-0.25, -0.2) is 0 Å². The average Bonchev–Trinajstić information content (AvgIpc) is 3.36. The molecule has 0 bridgehead atoms. The van der Waals surface area contributed by atoms with Crippen LogP contribution < -0.4 is 5.32 Å². The predicted molar refractivity (Wildman–Crippen MR) is 287 cm³/mol. The molecule has 0 radical (unpaired) electrons. The van der Waals surface area contributed by atoms with Crippen molar-refractivity contribution in [3.8, 4) is 0 Å². The maximum absolute atomic E-state index is 13.4. The maximum Gasteiger partial charge on any atom is 0.306 e. The van der Waals surface area contributed by atoms with Gasteiger partial charge in [-0.1, -0.05) is 237 Å². The number of unbranched alkanes of at least 4 members (excludes halogenated alkanes) is 31. The average molecular weight is 993 g/mol. The lowest BCUT2D eigenvalue weighted by atomic mass is 9.99. The fourth-order valence-corrected chi connectivity index (χ4v) is 9.09. The molecule has 0 aliphatic carbocycles. The van der Waals surface area contributed by atoms with Gasteiger partial charge in [0.1, 0.15) is 24.4 Å². The van der Waals surface area contributed by atoms with Gasteiger partial charge in [-0.15, -0.1) is 0 Å². The van der Waals surface area contributed by atoms with E-state index >= 15 is 0 Å². The lowest BCUT2D eigenvalue weighted by molar-refractivity contribution is -0.305. The van der Waals surface area contributed by atoms with Crippen LogP contribution in [-0.4, -0.2) is 99.6 Å². The third-order valence-corrected chi connectivity index (χ3v) is 13.8. The summed E-state index contributed by atoms with van der Waals surface area (Å²) in [6.07, 6.45) is 44.7. The molecule has 1 aliphatic heterocycles. The fourth-order valence-electron chi connectivity index (χ4n) is 9.09. The molecule has 0 saturated carbocycles. The SMILES string of the molecule is CCCCC/C=C\C/C=C\CCCCCCCCC(O)C(=O)NC(COC1OC(CO)C(O)C(O)C1OC(=O)CCCCCCCCCCCCCCCC)C(O)/C=C/CCCCCCCCCCC. The molecular formula is C59H109NO10. The van der Waals surface area contributed by atoms with Crippen LogP contribution in [0.1, 0.15) is 265 Å². The van der Waals surface area contributed by atoms with E-state index in [9.17, 15) is 35.1 Å². The van der Waals surface area contributed by atoms with Crippen LogP contribution in [0.4, 0.5) is 0 Å². The minimum atomic E-state index is -1.61. The third-order valence-electron chi connectivity index (χ3n) is 13.8. The molecule has 1 heterocycles. The summed E-state index contributed by atoms with van der Waals surface area (Å²) in [5, 5.41) is 56.8. The Kier molecular flexibility index (Phi) is 45.1. The van der Waals surface area contributed by atoms with Crippen LogP contribution in [0.15, 0.2) is 36.5 Å². The highest BCUT2D eigenvalue weighted by molar-refractivity contribution is 5.80. The molecule has 1 saturated heterocycles. The van der Waals surface area contributed by atoms with E-state index in [1.165, 1.54) is 135 Å². The van der Waals surface area contributed by atoms with Crippen molar-refractivity contribution in [1.82, 2.24) is 5.32 Å². The van der Waals surface area contributed by atoms with Crippen LogP contribution in [0.25, 0.3) is 0 Å². The largest absolute Gasteiger partial charge is 0.454 e. The van der Waals surface area contributed by atoms with Crippen molar-refractivity contribution in [2.75, 3.05) is 13.2 Å². The Morgan fingerprint density at radius 2 is 0.986 bits per heavy atom. The Balaban J connectivity index is 2.71. The zero-order valence-electron chi connectivity index (χ0n) is 45.1. The summed E-state index contributed by atoms with van der Waals surface area (Å²) in [5.41, 5.74) is 0. The van der Waals surface area contributed by atoms with Gasteiger partial charge in [-0.2, -0.15) is 0 Å². The number of hydrogen-bond donors (Lipinski definition) is 6. The van der Waals surface area contributed by atoms with E-state index in [2.05, 4.69) is 50.4 Å². The Bertz CT molecular complexity index is 1280. The minimum absolute atomic E-state index is 0.127. The molecule has 1 rings (SSSR count). The molecule has 70 heavy (non-hydrogen) atoms. The number of carbonyl (C=O) groups is 2. The van der Waals surface area contributed by atoms with Crippen LogP contribution in [0.2, 0.25) is 0 Å². The number of amides is 1. The van der Waals surface area contributed by atoms with Gasteiger partial charge >= 0.3 is 5.97 Å². The molecule has 8 unspecified atom stereocenters. The number of esters is 1. The lowest BCUT2D eigenvalue weighted by Gasteiger charge is -2.41. The van der Waals surface area contributed by atoms with Crippen molar-refractivity contribution in [3.05, 3.63) is 36.5 Å². The molecule has 1 aliphatic rings. The second kappa shape index (κ2) is 47.9. The van der Waals surface area contributed by atoms with E-state index in [0.29, 0.717) is 12.8 Å². The third kappa shape index (κ3) is 35.9. The van der Waals surface area contributed by atoms with Crippen molar-refractivity contribution >= 4 is 11.9 Å². The first-order valence-electron chi connectivity index (χ1n) is 29.3. The summed E-state index contributed by atoms with van der Waals surface area (Å²) in [4.78, 5) is 26.4. The number of nitrogens with one attached hydrogen (secondary N) is 1. The van der Waals surface area contributed by atoms with Crippen molar-refractivity contribution in [3.63, 3.8) is 0 Å². The van der Waals surface area contributed by atoms with Crippen LogP contribution in [-0.2, 0) is 23.8 Å². The molecule has 410 valence electrons. The van der Waals surface area contributed by atoms with Gasteiger partial charge in [0.2, 0.25) is 5.91 Å². The summed E-state index contributed by atoms with van der Waals surface area (Å²) in [5.74, 6) is -1.20. The Morgan fingerprint density at radius 3 is 1.49 bits per heavy atom. The van der Waals surface area contributed by atoms with Crippen LogP contribution in [0.3, 0.4) is 0 Å². The topological polar surface area (TPSA) is 175 Å². The van der Waals surface area contributed by atoms with Crippen molar-refractivity contribution in [2.24, 2.45) is 0 Å². The molecule has 0 aromatic heterocycles. The molecule has 11 heteroatoms. The van der Waals surface area contributed by atoms with E-state index in [1.807, 2.05) is 6.08 Å². The number of carbonyl (C=O) groups excluding carboxylic acids is 2. The van der Waals surface area contributed by atoms with Crippen LogP contribution in [0, 0.1) is 0 Å². The summed E-state index contributed by atoms with van der Waals surface area (Å²) in [7, 11) is 0. The van der Waals surface area contributed by atoms with E-state index in [-0.39, 0.29) is 19.4 Å². The molecule has 0 aromatic rings. The smallest absolute Gasteiger partial charge is 0.306 e. The number of aliphatic hydroxyl groups excluding tert-OH is 5. The van der Waals surface area contributed by atoms with Crippen LogP contribution in [0.5, 0.6) is 0 Å². The fraction of sp³-hybridized carbons (Fsp3) is 0.864. The number of hydrogen-bond acceptors (Lipinski definition) is 10. The Hall–Kier alpha value is -2.12. The lowest BCUT2D eigenvalue weighted by Crippen LogP contribution is -2.61. The molecule has 1 amide bonds. The van der Waals surface area contributed by atoms with E-state index in [1.54, 1.807) is 6.08 Å². The Morgan fingerprint density at radius 1 is 0.557 bits per heavy atom. The summed E-state index contributed by atoms with van der Waals surface area (Å²) in [6, 6.07) is -1.02. The van der Waals surface area contributed by atoms with Gasteiger partial charge in [0, 0.05) is 6.42 Å². The molecule has 6 N–H and O–H groups in total. The monoisotopic (exact) mass is 992 g/mol. The molecule has 0 spiro atoms. The molecule has 11 nitrogen and oxygen atoms in total. The maximum atomic E-state index is 13.4. The highest BCUT2D eigenvalue weighted by Crippen LogP contribution is 2.26. The quantitative estimate of drug-likeness (QED) is 0.0195. The van der Waals surface area contributed by atoms with E-state index in [4.69, 9.17) is 14.2 Å². The summed E-state index contributed by atoms with van der Waals surface area (Å²) in [6.45, 7) is 5.75. The van der Waals surface area contributed by atoms with Crippen LogP contribution >= 0.6 is 0 Å². The summed E-state index contributed by atoms with van der Waals surface area (Å²) >= 11 is 0. The first-order chi connectivity index (χ1) is 34.2. The zero-order valence-corrected chi connectivity index (χ0v) is 45.1. The van der Waals surface area contributed by atoms with Gasteiger partial charge in [0.15, 0.2) is 12.4 Å². The van der Waals surface area contributed by atoms with Crippen molar-refractivity contribution in [2.45, 2.75) is 314 Å². The van der Waals surface area contributed by atoms with Gasteiger partial charge in [-0.3, -0.25) is 9.59 Å². The highest BCUT2D eigenvalue weighted by Gasteiger charge is 2.47. The minimum Gasteiger partial charge on any atom is -0.454 e. The standard InChI is InChI=1S/C59H109NO10/c1-4-7-10-13-16-19-22-24-26-27-28-31-34-37-40-43-46-52(63)58(67)60-50(51(62)45-42-39-36-33-30-21-18-15-12-9-6-3)49-68-59-57(56(66)55(65)53(48-61)69-59)70-54(64)47-44-41-38-35-32-29-25-23-20-17-14-11-8-5-2/h16,19,24,26,42,45,50-53,55-57,59,61-63,65-66H,4-15,17-18,20-23,25,27-41,43-44,46-49H2,1-3H3,(H,60,67)/b19-16-,26-24-,45-42+. The van der Waals surface area contributed by atoms with Gasteiger partial charge in [0.25, 0.3) is 0 Å². The highest BCUT2D eigenvalue weighted by atomic mass is 16.7. The Labute approximate surface area is 428 Å². The molecule has 1 fully saturated rings. The number of ether oxygens (including phenoxy) is 3. The normalized spacial score (nSPS) is 19.9. The van der Waals surface area contributed by atoms with E-state index in [0.717, 1.165) is 83.5 Å². The number of allylic oxidation sites excluding steroid dienone is 5. The van der Waals surface area contributed by atoms with Crippen molar-refractivity contribution < 1.29 is 49.3 Å². The molecular weight excluding hydrogens is 883 g/mol. The van der Waals surface area contributed by atoms with Gasteiger partial charge in [0.05, 0.1) is 25.4 Å². The van der Waals surface area contributed by atoms with Crippen molar-refractivity contribution in [1.29, 1.82) is 0 Å². The predicted octanol–water partition coefficient (Wildman–Crippen LogP) is 13.1. The first-order valence-corrected chi connectivity index (χ1v) is 29.3. The second-order valence-electron chi connectivity index (χ2n) is 20.4. The van der Waals surface area contributed by atoms with Gasteiger partial charge < -0.3 is 45.1 Å². The number of aliphatic hydroxyl groups is 5. The van der Waals surface area contributed by atoms with E-state index < -0.39 is 67.4 Å². The zero-order chi connectivity index (χ0) is 51.1. The molecule has 0 aromatic carbocycles. The summed E-state index contributed by atoms with van der Waals surface area (Å²) < 4.78 is 17.6. The number of rotatable bonds is 49. The van der Waals surface area contributed by atoms with Gasteiger partial charge in [-0.05, 0) is 57.8 Å². The second-order valence-corrected chi connectivity index (χ2v) is 20.4. The molecule has 8 atom stereocenters. The first kappa shape index (κ1) is 65.9.